The van der Waals surface area contributed by atoms with Gasteiger partial charge in [0.1, 0.15) is 15.7 Å². The molecule has 2 aromatic heterocycles. The molecule has 3 fully saturated rings. The Balaban J connectivity index is 0.876. The molecule has 1 aliphatic heterocycles. The first-order chi connectivity index (χ1) is 23.0. The van der Waals surface area contributed by atoms with Gasteiger partial charge in [-0.3, -0.25) is 9.59 Å². The molecule has 1 saturated heterocycles. The van der Waals surface area contributed by atoms with Crippen molar-refractivity contribution in [2.45, 2.75) is 87.6 Å². The van der Waals surface area contributed by atoms with E-state index in [0.29, 0.717) is 23.1 Å². The van der Waals surface area contributed by atoms with E-state index >= 15 is 0 Å². The van der Waals surface area contributed by atoms with Crippen LogP contribution in [0.3, 0.4) is 0 Å². The number of aromatic nitrogens is 4. The number of hydrogen-bond acceptors (Lipinski definition) is 9. The largest absolute Gasteiger partial charge is 0.359 e. The minimum absolute atomic E-state index is 0.140. The van der Waals surface area contributed by atoms with Gasteiger partial charge < -0.3 is 15.5 Å². The number of carbonyl (C=O) groups excluding carboxylic acids is 2. The summed E-state index contributed by atoms with van der Waals surface area (Å²) >= 11 is 2.77. The summed E-state index contributed by atoms with van der Waals surface area (Å²) in [6.45, 7) is 1.08. The number of anilines is 3. The smallest absolute Gasteiger partial charge is 0.282 e. The van der Waals surface area contributed by atoms with Crippen LogP contribution < -0.4 is 15.5 Å². The van der Waals surface area contributed by atoms with Crippen molar-refractivity contribution in [2.75, 3.05) is 28.6 Å². The topological polar surface area (TPSA) is 113 Å². The van der Waals surface area contributed by atoms with Gasteiger partial charge >= 0.3 is 0 Å². The van der Waals surface area contributed by atoms with Crippen molar-refractivity contribution in [1.82, 2.24) is 20.4 Å². The molecular weight excluding hydrogens is 660 g/mol. The fourth-order valence-corrected chi connectivity index (χ4v) is 8.68. The molecule has 0 spiro atoms. The van der Waals surface area contributed by atoms with Crippen LogP contribution in [0.2, 0.25) is 0 Å². The van der Waals surface area contributed by atoms with E-state index in [4.69, 9.17) is 0 Å². The summed E-state index contributed by atoms with van der Waals surface area (Å²) in [6.07, 6.45) is 5.19. The number of hydrogen-bond donors (Lipinski definition) is 2. The molecule has 2 N–H and O–H groups in total. The van der Waals surface area contributed by atoms with E-state index in [1.807, 2.05) is 24.3 Å². The summed E-state index contributed by atoms with van der Waals surface area (Å²) in [5, 5.41) is 25.6. The first-order valence-electron chi connectivity index (χ1n) is 16.2. The molecular formula is C34H36F3N7O2S2. The molecule has 48 heavy (non-hydrogen) atoms. The van der Waals surface area contributed by atoms with Gasteiger partial charge in [0.25, 0.3) is 5.92 Å². The van der Waals surface area contributed by atoms with Gasteiger partial charge in [0.05, 0.1) is 25.9 Å². The van der Waals surface area contributed by atoms with E-state index in [-0.39, 0.29) is 55.5 Å². The van der Waals surface area contributed by atoms with Crippen LogP contribution in [-0.4, -0.2) is 56.9 Å². The summed E-state index contributed by atoms with van der Waals surface area (Å²) < 4.78 is 40.2. The molecule has 3 heterocycles. The molecule has 0 bridgehead atoms. The average molecular weight is 696 g/mol. The van der Waals surface area contributed by atoms with E-state index in [1.54, 1.807) is 36.1 Å². The summed E-state index contributed by atoms with van der Waals surface area (Å²) in [4.78, 5) is 27.0. The highest BCUT2D eigenvalue weighted by atomic mass is 32.1. The minimum Gasteiger partial charge on any atom is -0.359 e. The molecule has 2 aliphatic carbocycles. The maximum atomic E-state index is 13.9. The molecule has 3 aliphatic rings. The highest BCUT2D eigenvalue weighted by Gasteiger charge is 2.44. The van der Waals surface area contributed by atoms with Gasteiger partial charge in [-0.25, -0.2) is 13.2 Å². The Hall–Kier alpha value is -3.91. The van der Waals surface area contributed by atoms with E-state index < -0.39 is 11.6 Å². The van der Waals surface area contributed by atoms with Gasteiger partial charge in [0.2, 0.25) is 22.1 Å². The zero-order chi connectivity index (χ0) is 33.5. The minimum atomic E-state index is -2.63. The highest BCUT2D eigenvalue weighted by Crippen LogP contribution is 2.47. The Kier molecular flexibility index (Phi) is 8.96. The lowest BCUT2D eigenvalue weighted by Crippen LogP contribution is -2.56. The fraction of sp³-hybridized carbons (Fsp3) is 0.471. The predicted octanol–water partition coefficient (Wildman–Crippen LogP) is 7.25. The Morgan fingerprint density at radius 1 is 0.771 bits per heavy atom. The summed E-state index contributed by atoms with van der Waals surface area (Å²) in [5.74, 6) is -2.40. The number of rotatable bonds is 10. The van der Waals surface area contributed by atoms with Crippen molar-refractivity contribution in [3.05, 3.63) is 75.2 Å². The first-order valence-corrected chi connectivity index (χ1v) is 17.9. The lowest BCUT2D eigenvalue weighted by atomic mass is 9.70. The number of amides is 2. The maximum absolute atomic E-state index is 13.9. The number of alkyl halides is 3. The number of carbonyl (C=O) groups is 2. The van der Waals surface area contributed by atoms with Crippen molar-refractivity contribution >= 4 is 50.4 Å². The number of nitrogens with one attached hydrogen (secondary N) is 2. The predicted molar refractivity (Wildman–Crippen MR) is 180 cm³/mol. The maximum Gasteiger partial charge on any atom is 0.282 e. The van der Waals surface area contributed by atoms with Crippen molar-refractivity contribution in [2.24, 2.45) is 0 Å². The molecule has 14 heteroatoms. The van der Waals surface area contributed by atoms with Gasteiger partial charge in [0, 0.05) is 17.5 Å². The van der Waals surface area contributed by atoms with Crippen LogP contribution >= 0.6 is 22.7 Å². The van der Waals surface area contributed by atoms with E-state index in [9.17, 15) is 22.8 Å². The van der Waals surface area contributed by atoms with Crippen LogP contribution in [0.25, 0.3) is 0 Å². The number of nitrogens with zero attached hydrogens (tertiary/aromatic N) is 5. The van der Waals surface area contributed by atoms with Crippen molar-refractivity contribution < 1.29 is 22.8 Å². The summed E-state index contributed by atoms with van der Waals surface area (Å²) in [5.41, 5.74) is 2.43. The molecule has 0 radical (unpaired) electrons. The monoisotopic (exact) mass is 695 g/mol. The second kappa shape index (κ2) is 13.2. The Morgan fingerprint density at radius 2 is 1.27 bits per heavy atom. The van der Waals surface area contributed by atoms with Crippen molar-refractivity contribution in [1.29, 1.82) is 0 Å². The van der Waals surface area contributed by atoms with Crippen molar-refractivity contribution in [3.8, 4) is 0 Å². The molecule has 252 valence electrons. The lowest BCUT2D eigenvalue weighted by Gasteiger charge is -2.40. The average Bonchev–Trinajstić information content (AvgIpc) is 3.69. The van der Waals surface area contributed by atoms with E-state index in [1.165, 1.54) is 22.7 Å². The molecule has 2 saturated carbocycles. The summed E-state index contributed by atoms with van der Waals surface area (Å²) in [6, 6.07) is 14.9. The van der Waals surface area contributed by atoms with Crippen LogP contribution in [0.5, 0.6) is 0 Å². The zero-order valence-electron chi connectivity index (χ0n) is 26.4. The van der Waals surface area contributed by atoms with Gasteiger partial charge in [-0.15, -0.1) is 20.4 Å². The first kappa shape index (κ1) is 32.6. The van der Waals surface area contributed by atoms with E-state index in [0.717, 1.165) is 58.1 Å². The van der Waals surface area contributed by atoms with Crippen LogP contribution in [-0.2, 0) is 22.4 Å². The van der Waals surface area contributed by atoms with Crippen LogP contribution in [0.1, 0.15) is 89.9 Å². The van der Waals surface area contributed by atoms with E-state index in [2.05, 4.69) is 31.0 Å². The molecule has 9 nitrogen and oxygen atoms in total. The second-order valence-corrected chi connectivity index (χ2v) is 15.6. The molecule has 2 amide bonds. The zero-order valence-corrected chi connectivity index (χ0v) is 28.1. The van der Waals surface area contributed by atoms with Crippen LogP contribution in [0.15, 0.2) is 48.5 Å². The third-order valence-corrected chi connectivity index (χ3v) is 11.4. The normalized spacial score (nSPS) is 24.8. The fourth-order valence-electron chi connectivity index (χ4n) is 6.87. The van der Waals surface area contributed by atoms with Crippen molar-refractivity contribution in [3.63, 3.8) is 0 Å². The second-order valence-electron chi connectivity index (χ2n) is 13.5. The Labute approximate surface area is 284 Å². The SMILES string of the molecule is CC1(F)CC(c2ccc(CC(=O)Nc3nnc([C@H]4CCC[C@H](c5nnc(NC(=O)Cc6ccc(N7CC(F)(F)C7)cc6)s5)C4)s3)cc2)C1. The third-order valence-electron chi connectivity index (χ3n) is 9.42. The Morgan fingerprint density at radius 3 is 1.75 bits per heavy atom. The Bertz CT molecular complexity index is 1630. The molecule has 2 aromatic carbocycles. The quantitative estimate of drug-likeness (QED) is 0.180. The van der Waals surface area contributed by atoms with Gasteiger partial charge in [-0.1, -0.05) is 65.5 Å². The lowest BCUT2D eigenvalue weighted by molar-refractivity contribution is -0.116. The molecule has 2 atom stereocenters. The van der Waals surface area contributed by atoms with Crippen LogP contribution in [0.4, 0.5) is 29.1 Å². The number of halogens is 3. The standard InChI is InChI=1S/C34H36F3N7O2S2/c1-33(35)16-25(17-33)22-9-5-20(6-10-22)13-27(45)38-31-42-40-29(47-31)23-3-2-4-24(15-23)30-41-43-32(48-30)39-28(46)14-21-7-11-26(12-8-21)44-18-34(36,37)19-44/h5-12,23-25H,2-4,13-19H2,1H3,(H,38,42,45)(H,39,43,46)/t23-,24-,25?,33?/m0/s1. The van der Waals surface area contributed by atoms with Crippen LogP contribution in [0, 0.1) is 0 Å². The van der Waals surface area contributed by atoms with Gasteiger partial charge in [0.15, 0.2) is 0 Å². The number of benzene rings is 2. The molecule has 4 aromatic rings. The molecule has 0 unspecified atom stereocenters. The summed E-state index contributed by atoms with van der Waals surface area (Å²) in [7, 11) is 0. The van der Waals surface area contributed by atoms with Gasteiger partial charge in [-0.05, 0) is 73.8 Å². The third kappa shape index (κ3) is 7.70. The highest BCUT2D eigenvalue weighted by molar-refractivity contribution is 7.15. The van der Waals surface area contributed by atoms with Gasteiger partial charge in [-0.2, -0.15) is 0 Å². The molecule has 7 rings (SSSR count).